The Hall–Kier alpha value is -3.14. The molecule has 1 unspecified atom stereocenters. The van der Waals surface area contributed by atoms with Gasteiger partial charge in [-0.05, 0) is 45.8 Å². The molecule has 0 amide bonds. The van der Waals surface area contributed by atoms with Gasteiger partial charge in [0.05, 0.1) is 5.41 Å². The van der Waals surface area contributed by atoms with E-state index in [-0.39, 0.29) is 0 Å². The fourth-order valence-electron chi connectivity index (χ4n) is 4.59. The van der Waals surface area contributed by atoms with Gasteiger partial charge < -0.3 is 10.0 Å². The second-order valence-corrected chi connectivity index (χ2v) is 7.16. The third-order valence-electron chi connectivity index (χ3n) is 5.71. The van der Waals surface area contributed by atoms with E-state index in [2.05, 4.69) is 43.0 Å². The molecule has 0 saturated heterocycles. The van der Waals surface area contributed by atoms with Crippen LogP contribution in [-0.4, -0.2) is 17.2 Å². The van der Waals surface area contributed by atoms with Crippen LogP contribution in [0.15, 0.2) is 109 Å². The lowest BCUT2D eigenvalue weighted by Gasteiger charge is -2.34. The van der Waals surface area contributed by atoms with Crippen molar-refractivity contribution in [1.82, 2.24) is 0 Å². The minimum atomic E-state index is -1.55. The smallest absolute Gasteiger partial charge is 0.423 e. The average Bonchev–Trinajstić information content (AvgIpc) is 3.06. The van der Waals surface area contributed by atoms with E-state index >= 15 is 0 Å². The summed E-state index contributed by atoms with van der Waals surface area (Å²) in [5.41, 5.74) is 6.14. The van der Waals surface area contributed by atoms with E-state index in [1.54, 1.807) is 6.07 Å². The van der Waals surface area contributed by atoms with Gasteiger partial charge >= 0.3 is 7.12 Å². The SMILES string of the molecule is C=C/C(=C\C=C/C)C1(c2ccccc2)c2ccccc2-c2c(B(O)O)cccc21. The molecular weight excluding hydrogens is 355 g/mol. The van der Waals surface area contributed by atoms with E-state index in [1.165, 1.54) is 0 Å². The Labute approximate surface area is 172 Å². The number of rotatable bonds is 5. The van der Waals surface area contributed by atoms with Gasteiger partial charge in [-0.2, -0.15) is 0 Å². The Morgan fingerprint density at radius 2 is 1.59 bits per heavy atom. The van der Waals surface area contributed by atoms with E-state index in [1.807, 2.05) is 61.5 Å². The molecule has 0 fully saturated rings. The summed E-state index contributed by atoms with van der Waals surface area (Å²) in [4.78, 5) is 0. The van der Waals surface area contributed by atoms with Crippen LogP contribution >= 0.6 is 0 Å². The molecule has 0 spiro atoms. The molecule has 3 aromatic rings. The van der Waals surface area contributed by atoms with Crippen LogP contribution in [0.3, 0.4) is 0 Å². The highest BCUT2D eigenvalue weighted by atomic mass is 16.4. The third-order valence-corrected chi connectivity index (χ3v) is 5.71. The summed E-state index contributed by atoms with van der Waals surface area (Å²) in [6.07, 6.45) is 8.01. The topological polar surface area (TPSA) is 40.5 Å². The predicted octanol–water partition coefficient (Wildman–Crippen LogP) is 4.37. The maximum atomic E-state index is 10.1. The number of hydrogen-bond acceptors (Lipinski definition) is 2. The number of fused-ring (bicyclic) bond motifs is 3. The highest BCUT2D eigenvalue weighted by molar-refractivity contribution is 6.60. The summed E-state index contributed by atoms with van der Waals surface area (Å²) < 4.78 is 0. The minimum Gasteiger partial charge on any atom is -0.423 e. The minimum absolute atomic E-state index is 0.516. The van der Waals surface area contributed by atoms with Crippen LogP contribution in [0.2, 0.25) is 0 Å². The van der Waals surface area contributed by atoms with Crippen LogP contribution in [-0.2, 0) is 5.41 Å². The van der Waals surface area contributed by atoms with Crippen molar-refractivity contribution in [1.29, 1.82) is 0 Å². The zero-order valence-electron chi connectivity index (χ0n) is 16.4. The van der Waals surface area contributed by atoms with Crippen molar-refractivity contribution in [3.8, 4) is 11.1 Å². The lowest BCUT2D eigenvalue weighted by molar-refractivity contribution is 0.426. The largest absolute Gasteiger partial charge is 0.489 e. The van der Waals surface area contributed by atoms with E-state index in [0.29, 0.717) is 5.46 Å². The quantitative estimate of drug-likeness (QED) is 0.511. The molecule has 3 heteroatoms. The molecule has 142 valence electrons. The Morgan fingerprint density at radius 1 is 0.897 bits per heavy atom. The Balaban J connectivity index is 2.22. The lowest BCUT2D eigenvalue weighted by Crippen LogP contribution is -2.33. The first-order chi connectivity index (χ1) is 14.2. The van der Waals surface area contributed by atoms with Crippen molar-refractivity contribution in [3.63, 3.8) is 0 Å². The summed E-state index contributed by atoms with van der Waals surface area (Å²) in [6, 6.07) is 24.3. The van der Waals surface area contributed by atoms with Gasteiger partial charge in [-0.25, -0.2) is 0 Å². The van der Waals surface area contributed by atoms with Crippen LogP contribution in [0.25, 0.3) is 11.1 Å². The third kappa shape index (κ3) is 2.82. The molecule has 3 aromatic carbocycles. The van der Waals surface area contributed by atoms with Gasteiger partial charge in [0.15, 0.2) is 0 Å². The molecule has 0 radical (unpaired) electrons. The highest BCUT2D eigenvalue weighted by Crippen LogP contribution is 2.55. The van der Waals surface area contributed by atoms with Crippen LogP contribution < -0.4 is 5.46 Å². The van der Waals surface area contributed by atoms with Gasteiger partial charge in [-0.1, -0.05) is 104 Å². The normalized spacial score (nSPS) is 17.8. The molecule has 0 bridgehead atoms. The summed E-state index contributed by atoms with van der Waals surface area (Å²) >= 11 is 0. The number of allylic oxidation sites excluding steroid dienone is 5. The second kappa shape index (κ2) is 7.71. The maximum absolute atomic E-state index is 10.1. The molecule has 4 rings (SSSR count). The number of hydrogen-bond donors (Lipinski definition) is 2. The first kappa shape index (κ1) is 19.2. The van der Waals surface area contributed by atoms with Crippen LogP contribution in [0, 0.1) is 0 Å². The average molecular weight is 378 g/mol. The highest BCUT2D eigenvalue weighted by Gasteiger charge is 2.47. The van der Waals surface area contributed by atoms with Crippen molar-refractivity contribution in [3.05, 3.63) is 126 Å². The van der Waals surface area contributed by atoms with Crippen molar-refractivity contribution >= 4 is 12.6 Å². The molecule has 0 saturated carbocycles. The Morgan fingerprint density at radius 3 is 2.28 bits per heavy atom. The summed E-state index contributed by atoms with van der Waals surface area (Å²) in [6.45, 7) is 6.12. The van der Waals surface area contributed by atoms with Gasteiger partial charge in [0.1, 0.15) is 0 Å². The standard InChI is InChI=1S/C26H23BO2/c1-3-5-12-19(4-2)26(20-13-7-6-8-14-20)22-16-10-9-15-21(22)25-23(26)17-11-18-24(25)27(28)29/h3-18,28-29H,2H2,1H3/b5-3-,19-12+. The molecule has 0 aliphatic heterocycles. The Bertz CT molecular complexity index is 1110. The van der Waals surface area contributed by atoms with E-state index < -0.39 is 12.5 Å². The molecule has 0 heterocycles. The molecule has 1 aliphatic rings. The molecule has 29 heavy (non-hydrogen) atoms. The predicted molar refractivity (Wildman–Crippen MR) is 121 cm³/mol. The molecular formula is C26H23BO2. The zero-order chi connectivity index (χ0) is 20.4. The van der Waals surface area contributed by atoms with Gasteiger partial charge in [-0.15, -0.1) is 0 Å². The van der Waals surface area contributed by atoms with E-state index in [4.69, 9.17) is 0 Å². The molecule has 2 nitrogen and oxygen atoms in total. The van der Waals surface area contributed by atoms with Gasteiger partial charge in [0.2, 0.25) is 0 Å². The number of benzene rings is 3. The van der Waals surface area contributed by atoms with Crippen LogP contribution in [0.1, 0.15) is 23.6 Å². The van der Waals surface area contributed by atoms with Crippen molar-refractivity contribution in [2.45, 2.75) is 12.3 Å². The lowest BCUT2D eigenvalue weighted by atomic mass is 9.66. The fraction of sp³-hybridized carbons (Fsp3) is 0.0769. The molecule has 1 atom stereocenters. The van der Waals surface area contributed by atoms with Crippen LogP contribution in [0.5, 0.6) is 0 Å². The fourth-order valence-corrected chi connectivity index (χ4v) is 4.59. The second-order valence-electron chi connectivity index (χ2n) is 7.16. The zero-order valence-corrected chi connectivity index (χ0v) is 16.4. The van der Waals surface area contributed by atoms with Crippen molar-refractivity contribution in [2.75, 3.05) is 0 Å². The Kier molecular flexibility index (Phi) is 5.10. The van der Waals surface area contributed by atoms with E-state index in [9.17, 15) is 10.0 Å². The van der Waals surface area contributed by atoms with Crippen LogP contribution in [0.4, 0.5) is 0 Å². The van der Waals surface area contributed by atoms with E-state index in [0.717, 1.165) is 33.4 Å². The maximum Gasteiger partial charge on any atom is 0.489 e. The molecule has 1 aliphatic carbocycles. The van der Waals surface area contributed by atoms with Gasteiger partial charge in [-0.3, -0.25) is 0 Å². The van der Waals surface area contributed by atoms with Gasteiger partial charge in [0.25, 0.3) is 0 Å². The van der Waals surface area contributed by atoms with Gasteiger partial charge in [0, 0.05) is 0 Å². The summed E-state index contributed by atoms with van der Waals surface area (Å²) in [7, 11) is -1.55. The van der Waals surface area contributed by atoms with Crippen molar-refractivity contribution in [2.24, 2.45) is 0 Å². The molecule has 0 aromatic heterocycles. The first-order valence-electron chi connectivity index (χ1n) is 9.77. The summed E-state index contributed by atoms with van der Waals surface area (Å²) in [5.74, 6) is 0. The monoisotopic (exact) mass is 378 g/mol. The first-order valence-corrected chi connectivity index (χ1v) is 9.77. The molecule has 2 N–H and O–H groups in total. The summed E-state index contributed by atoms with van der Waals surface area (Å²) in [5, 5.41) is 20.2. The van der Waals surface area contributed by atoms with Crippen molar-refractivity contribution < 1.29 is 10.0 Å².